The third-order valence-corrected chi connectivity index (χ3v) is 4.82. The average molecular weight is 484 g/mol. The van der Waals surface area contributed by atoms with E-state index in [0.29, 0.717) is 44.9 Å². The van der Waals surface area contributed by atoms with E-state index in [1.165, 1.54) is 12.5 Å². The van der Waals surface area contributed by atoms with E-state index in [-0.39, 0.29) is 35.6 Å². The molecule has 1 aromatic heterocycles. The second-order valence-corrected chi connectivity index (χ2v) is 7.97. The van der Waals surface area contributed by atoms with E-state index < -0.39 is 9.84 Å². The summed E-state index contributed by atoms with van der Waals surface area (Å²) in [5.41, 5.74) is 0. The van der Waals surface area contributed by atoms with Crippen LogP contribution in [0.1, 0.15) is 17.0 Å². The average Bonchev–Trinajstić information content (AvgIpc) is 3.08. The first-order valence-corrected chi connectivity index (χ1v) is 9.93. The first kappa shape index (κ1) is 21.7. The van der Waals surface area contributed by atoms with Crippen LogP contribution < -0.4 is 5.32 Å². The summed E-state index contributed by atoms with van der Waals surface area (Å²) in [6.45, 7) is 3.05. The minimum absolute atomic E-state index is 0. The Kier molecular flexibility index (Phi) is 8.69. The van der Waals surface area contributed by atoms with E-state index in [4.69, 9.17) is 4.42 Å². The minimum atomic E-state index is -2.94. The number of furan rings is 1. The molecule has 1 fully saturated rings. The second-order valence-electron chi connectivity index (χ2n) is 5.71. The Labute approximate surface area is 165 Å². The maximum atomic E-state index is 12.2. The van der Waals surface area contributed by atoms with Crippen LogP contribution in [-0.2, 0) is 9.84 Å². The minimum Gasteiger partial charge on any atom is -0.459 e. The second kappa shape index (κ2) is 10.00. The van der Waals surface area contributed by atoms with Gasteiger partial charge >= 0.3 is 0 Å². The predicted octanol–water partition coefficient (Wildman–Crippen LogP) is 0.666. The summed E-state index contributed by atoms with van der Waals surface area (Å²) in [6, 6.07) is 3.36. The smallest absolute Gasteiger partial charge is 0.289 e. The monoisotopic (exact) mass is 484 g/mol. The van der Waals surface area contributed by atoms with Gasteiger partial charge in [0.25, 0.3) is 5.91 Å². The Morgan fingerprint density at radius 1 is 1.28 bits per heavy atom. The van der Waals surface area contributed by atoms with E-state index in [2.05, 4.69) is 15.2 Å². The van der Waals surface area contributed by atoms with Crippen LogP contribution in [0.15, 0.2) is 27.8 Å². The third-order valence-electron chi connectivity index (χ3n) is 3.79. The van der Waals surface area contributed by atoms with Crippen LogP contribution >= 0.6 is 24.0 Å². The van der Waals surface area contributed by atoms with Gasteiger partial charge in [-0.05, 0) is 18.6 Å². The van der Waals surface area contributed by atoms with Crippen LogP contribution in [0.4, 0.5) is 0 Å². The lowest BCUT2D eigenvalue weighted by molar-refractivity contribution is 0.0658. The summed E-state index contributed by atoms with van der Waals surface area (Å²) in [7, 11) is -1.24. The van der Waals surface area contributed by atoms with Gasteiger partial charge in [0.2, 0.25) is 0 Å². The number of amides is 1. The first-order chi connectivity index (χ1) is 11.4. The lowest BCUT2D eigenvalue weighted by Gasteiger charge is -2.36. The van der Waals surface area contributed by atoms with Crippen molar-refractivity contribution < 1.29 is 17.6 Å². The summed E-state index contributed by atoms with van der Waals surface area (Å²) in [6.07, 6.45) is 3.26. The fraction of sp³-hybridized carbons (Fsp3) is 0.600. The highest BCUT2D eigenvalue weighted by Gasteiger charge is 2.25. The Bertz CT molecular complexity index is 668. The van der Waals surface area contributed by atoms with Crippen molar-refractivity contribution in [2.75, 3.05) is 51.8 Å². The van der Waals surface area contributed by atoms with E-state index in [1.54, 1.807) is 24.1 Å². The van der Waals surface area contributed by atoms with Crippen LogP contribution in [-0.4, -0.2) is 81.9 Å². The van der Waals surface area contributed by atoms with Gasteiger partial charge in [0.15, 0.2) is 11.7 Å². The van der Waals surface area contributed by atoms with Crippen LogP contribution in [0.3, 0.4) is 0 Å². The SMILES string of the molecule is CN=C(NCCCS(C)(=O)=O)N1CCN(C(=O)c2ccco2)CC1.I. The maximum absolute atomic E-state index is 12.2. The summed E-state index contributed by atoms with van der Waals surface area (Å²) >= 11 is 0. The van der Waals surface area contributed by atoms with Crippen molar-refractivity contribution in [3.8, 4) is 0 Å². The summed E-state index contributed by atoms with van der Waals surface area (Å²) in [5, 5.41) is 3.17. The quantitative estimate of drug-likeness (QED) is 0.286. The highest BCUT2D eigenvalue weighted by Crippen LogP contribution is 2.09. The maximum Gasteiger partial charge on any atom is 0.289 e. The van der Waals surface area contributed by atoms with Crippen LogP contribution in [0.25, 0.3) is 0 Å². The molecule has 0 unspecified atom stereocenters. The fourth-order valence-corrected chi connectivity index (χ4v) is 3.21. The zero-order valence-corrected chi connectivity index (χ0v) is 17.6. The van der Waals surface area contributed by atoms with Crippen molar-refractivity contribution in [3.63, 3.8) is 0 Å². The Morgan fingerprint density at radius 2 is 1.92 bits per heavy atom. The number of rotatable bonds is 5. The highest BCUT2D eigenvalue weighted by molar-refractivity contribution is 14.0. The number of hydrogen-bond acceptors (Lipinski definition) is 5. The van der Waals surface area contributed by atoms with Crippen LogP contribution in [0.2, 0.25) is 0 Å². The molecule has 0 saturated carbocycles. The molecule has 1 aliphatic rings. The van der Waals surface area contributed by atoms with Gasteiger partial charge in [-0.25, -0.2) is 8.42 Å². The molecule has 1 N–H and O–H groups in total. The molecule has 0 aromatic carbocycles. The molecule has 0 aliphatic carbocycles. The molecule has 2 heterocycles. The van der Waals surface area contributed by atoms with Gasteiger partial charge in [-0.1, -0.05) is 0 Å². The zero-order valence-electron chi connectivity index (χ0n) is 14.5. The number of nitrogens with one attached hydrogen (secondary N) is 1. The van der Waals surface area contributed by atoms with Gasteiger partial charge in [-0.2, -0.15) is 0 Å². The molecule has 142 valence electrons. The molecule has 10 heteroatoms. The lowest BCUT2D eigenvalue weighted by Crippen LogP contribution is -2.53. The van der Waals surface area contributed by atoms with Gasteiger partial charge in [0.1, 0.15) is 9.84 Å². The van der Waals surface area contributed by atoms with Gasteiger partial charge in [0, 0.05) is 46.0 Å². The zero-order chi connectivity index (χ0) is 17.6. The van der Waals surface area contributed by atoms with Crippen LogP contribution in [0.5, 0.6) is 0 Å². The van der Waals surface area contributed by atoms with Crippen molar-refractivity contribution in [2.45, 2.75) is 6.42 Å². The molecule has 1 aromatic rings. The Balaban J connectivity index is 0.00000312. The summed E-state index contributed by atoms with van der Waals surface area (Å²) in [4.78, 5) is 20.3. The molecular formula is C15H25IN4O4S. The number of nitrogens with zero attached hydrogens (tertiary/aromatic N) is 3. The van der Waals surface area contributed by atoms with Crippen molar-refractivity contribution >= 4 is 45.7 Å². The number of carbonyl (C=O) groups excluding carboxylic acids is 1. The number of sulfone groups is 1. The van der Waals surface area contributed by atoms with Gasteiger partial charge in [-0.15, -0.1) is 24.0 Å². The van der Waals surface area contributed by atoms with Gasteiger partial charge in [-0.3, -0.25) is 9.79 Å². The van der Waals surface area contributed by atoms with E-state index >= 15 is 0 Å². The van der Waals surface area contributed by atoms with Crippen molar-refractivity contribution in [1.82, 2.24) is 15.1 Å². The number of guanidine groups is 1. The molecule has 1 amide bonds. The molecule has 1 saturated heterocycles. The third kappa shape index (κ3) is 6.84. The number of aliphatic imine (C=N–C) groups is 1. The topological polar surface area (TPSA) is 95.2 Å². The Morgan fingerprint density at radius 3 is 2.44 bits per heavy atom. The van der Waals surface area contributed by atoms with Crippen molar-refractivity contribution in [3.05, 3.63) is 24.2 Å². The fourth-order valence-electron chi connectivity index (χ4n) is 2.54. The largest absolute Gasteiger partial charge is 0.459 e. The molecule has 25 heavy (non-hydrogen) atoms. The van der Waals surface area contributed by atoms with E-state index in [9.17, 15) is 13.2 Å². The number of hydrogen-bond donors (Lipinski definition) is 1. The predicted molar refractivity (Wildman–Crippen MR) is 107 cm³/mol. The molecule has 0 spiro atoms. The standard InChI is InChI=1S/C15H24N4O4S.HI/c1-16-15(17-6-4-12-24(2,21)22)19-9-7-18(8-10-19)14(20)13-5-3-11-23-13;/h3,5,11H,4,6-10,12H2,1-2H3,(H,16,17);1H. The molecule has 0 bridgehead atoms. The normalized spacial score (nSPS) is 15.7. The molecule has 1 aliphatic heterocycles. The molecular weight excluding hydrogens is 459 g/mol. The van der Waals surface area contributed by atoms with E-state index in [1.807, 2.05) is 0 Å². The number of halogens is 1. The van der Waals surface area contributed by atoms with Crippen LogP contribution in [0, 0.1) is 0 Å². The molecule has 8 nitrogen and oxygen atoms in total. The molecule has 0 radical (unpaired) electrons. The first-order valence-electron chi connectivity index (χ1n) is 7.87. The highest BCUT2D eigenvalue weighted by atomic mass is 127. The number of piperazine rings is 1. The Hall–Kier alpha value is -1.30. The van der Waals surface area contributed by atoms with Crippen molar-refractivity contribution in [1.29, 1.82) is 0 Å². The lowest BCUT2D eigenvalue weighted by atomic mass is 10.3. The summed E-state index contributed by atoms with van der Waals surface area (Å²) < 4.78 is 27.4. The summed E-state index contributed by atoms with van der Waals surface area (Å²) in [5.74, 6) is 1.14. The molecule has 2 rings (SSSR count). The van der Waals surface area contributed by atoms with E-state index in [0.717, 1.165) is 5.96 Å². The van der Waals surface area contributed by atoms with Gasteiger partial charge in [0.05, 0.1) is 12.0 Å². The van der Waals surface area contributed by atoms with Crippen molar-refractivity contribution in [2.24, 2.45) is 4.99 Å². The molecule has 0 atom stereocenters. The van der Waals surface area contributed by atoms with Gasteiger partial charge < -0.3 is 19.5 Å². The number of carbonyl (C=O) groups is 1.